The SMILES string of the molecule is COc1ccc(Br)cc1CC(NN)c1cnc(C)s1. The van der Waals surface area contributed by atoms with Gasteiger partial charge in [0.1, 0.15) is 5.75 Å². The van der Waals surface area contributed by atoms with Crippen molar-refractivity contribution in [1.82, 2.24) is 10.4 Å². The molecule has 1 aromatic carbocycles. The van der Waals surface area contributed by atoms with Crippen LogP contribution in [0.4, 0.5) is 0 Å². The van der Waals surface area contributed by atoms with Crippen LogP contribution in [-0.2, 0) is 6.42 Å². The molecular weight excluding hydrogens is 326 g/mol. The van der Waals surface area contributed by atoms with Gasteiger partial charge in [-0.25, -0.2) is 4.98 Å². The second-order valence-corrected chi connectivity index (χ2v) is 6.34. The summed E-state index contributed by atoms with van der Waals surface area (Å²) in [6.45, 7) is 1.99. The van der Waals surface area contributed by atoms with Gasteiger partial charge in [0.25, 0.3) is 0 Å². The molecule has 0 bridgehead atoms. The summed E-state index contributed by atoms with van der Waals surface area (Å²) in [5.41, 5.74) is 3.95. The molecule has 4 nitrogen and oxygen atoms in total. The molecule has 19 heavy (non-hydrogen) atoms. The van der Waals surface area contributed by atoms with Crippen LogP contribution in [0.15, 0.2) is 28.9 Å². The molecule has 0 aliphatic carbocycles. The van der Waals surface area contributed by atoms with Crippen LogP contribution < -0.4 is 16.0 Å². The Morgan fingerprint density at radius 1 is 1.53 bits per heavy atom. The number of methoxy groups -OCH3 is 1. The van der Waals surface area contributed by atoms with E-state index in [2.05, 4.69) is 32.4 Å². The zero-order valence-corrected chi connectivity index (χ0v) is 13.2. The Morgan fingerprint density at radius 2 is 2.32 bits per heavy atom. The van der Waals surface area contributed by atoms with Crippen LogP contribution in [-0.4, -0.2) is 12.1 Å². The lowest BCUT2D eigenvalue weighted by Gasteiger charge is -2.16. The van der Waals surface area contributed by atoms with Gasteiger partial charge < -0.3 is 4.74 Å². The predicted molar refractivity (Wildman–Crippen MR) is 81.3 cm³/mol. The summed E-state index contributed by atoms with van der Waals surface area (Å²) >= 11 is 5.13. The summed E-state index contributed by atoms with van der Waals surface area (Å²) in [4.78, 5) is 5.40. The quantitative estimate of drug-likeness (QED) is 0.648. The number of thiazole rings is 1. The first-order valence-corrected chi connectivity index (χ1v) is 7.46. The number of benzene rings is 1. The maximum atomic E-state index is 5.67. The van der Waals surface area contributed by atoms with E-state index >= 15 is 0 Å². The average Bonchev–Trinajstić information content (AvgIpc) is 2.82. The van der Waals surface area contributed by atoms with Crippen molar-refractivity contribution in [3.05, 3.63) is 44.3 Å². The van der Waals surface area contributed by atoms with Gasteiger partial charge in [0, 0.05) is 15.5 Å². The van der Waals surface area contributed by atoms with Gasteiger partial charge in [0.15, 0.2) is 0 Å². The molecule has 0 aliphatic rings. The Balaban J connectivity index is 2.25. The van der Waals surface area contributed by atoms with E-state index in [4.69, 9.17) is 10.6 Å². The van der Waals surface area contributed by atoms with E-state index in [1.807, 2.05) is 25.3 Å². The number of aromatic nitrogens is 1. The normalized spacial score (nSPS) is 12.4. The molecule has 0 saturated carbocycles. The molecule has 2 rings (SSSR count). The topological polar surface area (TPSA) is 60.2 Å². The van der Waals surface area contributed by atoms with Crippen LogP contribution in [0.1, 0.15) is 21.5 Å². The van der Waals surface area contributed by atoms with E-state index in [9.17, 15) is 0 Å². The first-order chi connectivity index (χ1) is 9.13. The molecule has 0 spiro atoms. The molecular formula is C13H16BrN3OS. The largest absolute Gasteiger partial charge is 0.496 e. The van der Waals surface area contributed by atoms with Crippen molar-refractivity contribution in [2.75, 3.05) is 7.11 Å². The first kappa shape index (κ1) is 14.5. The third-order valence-electron chi connectivity index (χ3n) is 2.85. The number of nitrogens with zero attached hydrogens (tertiary/aromatic N) is 1. The van der Waals surface area contributed by atoms with Crippen molar-refractivity contribution in [3.63, 3.8) is 0 Å². The average molecular weight is 342 g/mol. The van der Waals surface area contributed by atoms with Gasteiger partial charge in [0.05, 0.1) is 18.2 Å². The highest BCUT2D eigenvalue weighted by Crippen LogP contribution is 2.29. The standard InChI is InChI=1S/C13H16BrN3OS/c1-8-16-7-13(19-8)11(17-15)6-9-5-10(14)3-4-12(9)18-2/h3-5,7,11,17H,6,15H2,1-2H3. The molecule has 3 N–H and O–H groups in total. The lowest BCUT2D eigenvalue weighted by atomic mass is 10.0. The molecule has 0 fully saturated rings. The van der Waals surface area contributed by atoms with E-state index in [1.54, 1.807) is 18.4 Å². The van der Waals surface area contributed by atoms with E-state index in [1.165, 1.54) is 0 Å². The minimum atomic E-state index is 0.0365. The number of hydrazine groups is 1. The van der Waals surface area contributed by atoms with Gasteiger partial charge >= 0.3 is 0 Å². The molecule has 1 unspecified atom stereocenters. The van der Waals surface area contributed by atoms with Crippen molar-refractivity contribution in [1.29, 1.82) is 0 Å². The molecule has 0 amide bonds. The number of nitrogens with one attached hydrogen (secondary N) is 1. The molecule has 1 aromatic heterocycles. The summed E-state index contributed by atoms with van der Waals surface area (Å²) in [5.74, 6) is 6.53. The van der Waals surface area contributed by atoms with Crippen molar-refractivity contribution < 1.29 is 4.74 Å². The van der Waals surface area contributed by atoms with Crippen LogP contribution in [0, 0.1) is 6.92 Å². The number of halogens is 1. The van der Waals surface area contributed by atoms with Gasteiger partial charge in [-0.05, 0) is 37.1 Å². The number of hydrogen-bond acceptors (Lipinski definition) is 5. The molecule has 0 aliphatic heterocycles. The minimum absolute atomic E-state index is 0.0365. The highest BCUT2D eigenvalue weighted by atomic mass is 79.9. The molecule has 6 heteroatoms. The van der Waals surface area contributed by atoms with Gasteiger partial charge in [-0.3, -0.25) is 11.3 Å². The van der Waals surface area contributed by atoms with Crippen molar-refractivity contribution >= 4 is 27.3 Å². The van der Waals surface area contributed by atoms with Gasteiger partial charge in [-0.15, -0.1) is 11.3 Å². The number of rotatable bonds is 5. The van der Waals surface area contributed by atoms with Gasteiger partial charge in [0.2, 0.25) is 0 Å². The number of nitrogens with two attached hydrogens (primary N) is 1. The second-order valence-electron chi connectivity index (χ2n) is 4.16. The molecule has 1 atom stereocenters. The zero-order chi connectivity index (χ0) is 13.8. The Bertz CT molecular complexity index is 559. The first-order valence-electron chi connectivity index (χ1n) is 5.85. The van der Waals surface area contributed by atoms with Crippen LogP contribution >= 0.6 is 27.3 Å². The lowest BCUT2D eigenvalue weighted by molar-refractivity contribution is 0.406. The lowest BCUT2D eigenvalue weighted by Crippen LogP contribution is -2.29. The molecule has 0 saturated heterocycles. The molecule has 102 valence electrons. The molecule has 2 aromatic rings. The zero-order valence-electron chi connectivity index (χ0n) is 10.8. The van der Waals surface area contributed by atoms with Crippen LogP contribution in [0.5, 0.6) is 5.75 Å². The summed E-state index contributed by atoms with van der Waals surface area (Å²) in [6, 6.07) is 6.00. The van der Waals surface area contributed by atoms with E-state index in [0.29, 0.717) is 0 Å². The van der Waals surface area contributed by atoms with Crippen molar-refractivity contribution in [2.45, 2.75) is 19.4 Å². The van der Waals surface area contributed by atoms with Gasteiger partial charge in [-0.2, -0.15) is 0 Å². The fourth-order valence-corrected chi connectivity index (χ4v) is 3.16. The summed E-state index contributed by atoms with van der Waals surface area (Å²) in [5, 5.41) is 1.04. The highest BCUT2D eigenvalue weighted by Gasteiger charge is 2.16. The van der Waals surface area contributed by atoms with E-state index in [0.717, 1.165) is 32.1 Å². The van der Waals surface area contributed by atoms with E-state index in [-0.39, 0.29) is 6.04 Å². The van der Waals surface area contributed by atoms with Crippen molar-refractivity contribution in [3.8, 4) is 5.75 Å². The van der Waals surface area contributed by atoms with Crippen molar-refractivity contribution in [2.24, 2.45) is 5.84 Å². The second kappa shape index (κ2) is 6.47. The van der Waals surface area contributed by atoms with E-state index < -0.39 is 0 Å². The van der Waals surface area contributed by atoms with Gasteiger partial charge in [-0.1, -0.05) is 15.9 Å². The Hall–Kier alpha value is -0.950. The number of aryl methyl sites for hydroxylation is 1. The minimum Gasteiger partial charge on any atom is -0.496 e. The smallest absolute Gasteiger partial charge is 0.122 e. The van der Waals surface area contributed by atoms with Crippen LogP contribution in [0.2, 0.25) is 0 Å². The fourth-order valence-electron chi connectivity index (χ4n) is 1.91. The summed E-state index contributed by atoms with van der Waals surface area (Å²) in [6.07, 6.45) is 2.62. The summed E-state index contributed by atoms with van der Waals surface area (Å²) in [7, 11) is 1.68. The fraction of sp³-hybridized carbons (Fsp3) is 0.308. The number of ether oxygens (including phenoxy) is 1. The highest BCUT2D eigenvalue weighted by molar-refractivity contribution is 9.10. The third kappa shape index (κ3) is 3.54. The monoisotopic (exact) mass is 341 g/mol. The Morgan fingerprint density at radius 3 is 2.89 bits per heavy atom. The maximum absolute atomic E-state index is 5.67. The Labute approximate surface area is 125 Å². The Kier molecular flexibility index (Phi) is 4.93. The molecule has 0 radical (unpaired) electrons. The predicted octanol–water partition coefficient (Wildman–Crippen LogP) is 2.97. The number of hydrogen-bond donors (Lipinski definition) is 2. The van der Waals surface area contributed by atoms with Crippen LogP contribution in [0.25, 0.3) is 0 Å². The maximum Gasteiger partial charge on any atom is 0.122 e. The third-order valence-corrected chi connectivity index (χ3v) is 4.37. The summed E-state index contributed by atoms with van der Waals surface area (Å²) < 4.78 is 6.41. The molecule has 1 heterocycles. The van der Waals surface area contributed by atoms with Crippen LogP contribution in [0.3, 0.4) is 0 Å².